The number of benzene rings is 2. The smallest absolute Gasteiger partial charge is 0.119 e. The first-order valence-electron chi connectivity index (χ1n) is 6.10. The van der Waals surface area contributed by atoms with Crippen molar-refractivity contribution in [3.8, 4) is 11.5 Å². The van der Waals surface area contributed by atoms with Crippen LogP contribution in [0.2, 0.25) is 0 Å². The number of rotatable bonds is 6. The molecule has 5 nitrogen and oxygen atoms in total. The predicted octanol–water partition coefficient (Wildman–Crippen LogP) is 2.91. The Morgan fingerprint density at radius 1 is 1.05 bits per heavy atom. The maximum Gasteiger partial charge on any atom is 0.119 e. The molecule has 0 amide bonds. The molecule has 0 heterocycles. The molecule has 0 unspecified atom stereocenters. The lowest BCUT2D eigenvalue weighted by Crippen LogP contribution is -2.00. The molecule has 0 atom stereocenters. The Labute approximate surface area is 117 Å². The molecule has 104 valence electrons. The normalized spacial score (nSPS) is 10.5. The SMILES string of the molecule is COc1ccc(COc2ccc(N=CNO)cc2)cc1. The molecule has 0 spiro atoms. The number of hydrogen-bond donors (Lipinski definition) is 2. The fourth-order valence-corrected chi connectivity index (χ4v) is 1.62. The van der Waals surface area contributed by atoms with Gasteiger partial charge in [-0.25, -0.2) is 4.99 Å². The van der Waals surface area contributed by atoms with Gasteiger partial charge in [-0.15, -0.1) is 0 Å². The highest BCUT2D eigenvalue weighted by molar-refractivity contribution is 5.59. The van der Waals surface area contributed by atoms with Crippen LogP contribution < -0.4 is 15.0 Å². The average Bonchev–Trinajstić information content (AvgIpc) is 2.52. The lowest BCUT2D eigenvalue weighted by Gasteiger charge is -2.07. The van der Waals surface area contributed by atoms with Crippen LogP contribution in [0.1, 0.15) is 5.56 Å². The summed E-state index contributed by atoms with van der Waals surface area (Å²) in [4.78, 5) is 3.95. The van der Waals surface area contributed by atoms with E-state index in [9.17, 15) is 0 Å². The Morgan fingerprint density at radius 3 is 2.30 bits per heavy atom. The van der Waals surface area contributed by atoms with Crippen LogP contribution in [0.25, 0.3) is 0 Å². The molecule has 5 heteroatoms. The highest BCUT2D eigenvalue weighted by Crippen LogP contribution is 2.19. The van der Waals surface area contributed by atoms with E-state index in [1.807, 2.05) is 41.9 Å². The average molecular weight is 272 g/mol. The lowest BCUT2D eigenvalue weighted by atomic mass is 10.2. The van der Waals surface area contributed by atoms with Gasteiger partial charge in [-0.2, -0.15) is 0 Å². The summed E-state index contributed by atoms with van der Waals surface area (Å²) in [7, 11) is 1.64. The molecular weight excluding hydrogens is 256 g/mol. The van der Waals surface area contributed by atoms with Gasteiger partial charge in [-0.3, -0.25) is 10.7 Å². The summed E-state index contributed by atoms with van der Waals surface area (Å²) in [6.07, 6.45) is 1.20. The van der Waals surface area contributed by atoms with Gasteiger partial charge in [-0.1, -0.05) is 12.1 Å². The molecule has 2 rings (SSSR count). The van der Waals surface area contributed by atoms with E-state index >= 15 is 0 Å². The fraction of sp³-hybridized carbons (Fsp3) is 0.133. The fourth-order valence-electron chi connectivity index (χ4n) is 1.62. The van der Waals surface area contributed by atoms with Crippen molar-refractivity contribution >= 4 is 12.0 Å². The second kappa shape index (κ2) is 7.16. The van der Waals surface area contributed by atoms with Gasteiger partial charge in [0, 0.05) is 0 Å². The van der Waals surface area contributed by atoms with E-state index in [1.165, 1.54) is 6.34 Å². The zero-order valence-corrected chi connectivity index (χ0v) is 11.1. The third kappa shape index (κ3) is 4.00. The zero-order valence-electron chi connectivity index (χ0n) is 11.1. The van der Waals surface area contributed by atoms with Gasteiger partial charge in [0.15, 0.2) is 0 Å². The van der Waals surface area contributed by atoms with Crippen LogP contribution in [0.15, 0.2) is 53.5 Å². The van der Waals surface area contributed by atoms with Crippen LogP contribution in [0.5, 0.6) is 11.5 Å². The van der Waals surface area contributed by atoms with E-state index in [1.54, 1.807) is 19.2 Å². The number of hydrogen-bond acceptors (Lipinski definition) is 4. The summed E-state index contributed by atoms with van der Waals surface area (Å²) in [5.74, 6) is 1.59. The molecule has 2 N–H and O–H groups in total. The lowest BCUT2D eigenvalue weighted by molar-refractivity contribution is 0.240. The van der Waals surface area contributed by atoms with Gasteiger partial charge in [0.1, 0.15) is 24.4 Å². The zero-order chi connectivity index (χ0) is 14.2. The van der Waals surface area contributed by atoms with Crippen molar-refractivity contribution in [3.63, 3.8) is 0 Å². The Bertz CT molecular complexity index is 550. The van der Waals surface area contributed by atoms with E-state index in [-0.39, 0.29) is 0 Å². The number of nitrogens with one attached hydrogen (secondary N) is 1. The molecule has 0 saturated carbocycles. The highest BCUT2D eigenvalue weighted by Gasteiger charge is 1.97. The molecule has 2 aromatic carbocycles. The van der Waals surface area contributed by atoms with Gasteiger partial charge in [0.25, 0.3) is 0 Å². The largest absolute Gasteiger partial charge is 0.497 e. The molecule has 0 bridgehead atoms. The van der Waals surface area contributed by atoms with Crippen LogP contribution in [-0.4, -0.2) is 18.7 Å². The minimum Gasteiger partial charge on any atom is -0.497 e. The highest BCUT2D eigenvalue weighted by atomic mass is 16.5. The van der Waals surface area contributed by atoms with Gasteiger partial charge < -0.3 is 9.47 Å². The summed E-state index contributed by atoms with van der Waals surface area (Å²) < 4.78 is 10.8. The van der Waals surface area contributed by atoms with Crippen molar-refractivity contribution in [3.05, 3.63) is 54.1 Å². The summed E-state index contributed by atoms with van der Waals surface area (Å²) in [5, 5.41) is 8.40. The number of ether oxygens (including phenoxy) is 2. The van der Waals surface area contributed by atoms with Crippen LogP contribution in [0, 0.1) is 0 Å². The first-order chi connectivity index (χ1) is 9.81. The summed E-state index contributed by atoms with van der Waals surface area (Å²) in [6, 6.07) is 15.0. The molecule has 2 aromatic rings. The van der Waals surface area contributed by atoms with Crippen molar-refractivity contribution in [2.45, 2.75) is 6.61 Å². The molecule has 0 radical (unpaired) electrons. The van der Waals surface area contributed by atoms with Crippen molar-refractivity contribution in [1.29, 1.82) is 0 Å². The van der Waals surface area contributed by atoms with E-state index in [0.717, 1.165) is 22.7 Å². The van der Waals surface area contributed by atoms with Crippen molar-refractivity contribution < 1.29 is 14.7 Å². The molecular formula is C15H16N2O3. The van der Waals surface area contributed by atoms with E-state index in [0.29, 0.717) is 6.61 Å². The van der Waals surface area contributed by atoms with Crippen LogP contribution in [0.4, 0.5) is 5.69 Å². The summed E-state index contributed by atoms with van der Waals surface area (Å²) in [5.41, 5.74) is 3.65. The second-order valence-corrected chi connectivity index (χ2v) is 4.02. The quantitative estimate of drug-likeness (QED) is 0.482. The number of methoxy groups -OCH3 is 1. The minimum atomic E-state index is 0.491. The van der Waals surface area contributed by atoms with Gasteiger partial charge in [-0.05, 0) is 42.0 Å². The molecule has 0 aliphatic carbocycles. The summed E-state index contributed by atoms with van der Waals surface area (Å²) >= 11 is 0. The van der Waals surface area contributed by atoms with Crippen LogP contribution in [0.3, 0.4) is 0 Å². The Balaban J connectivity index is 1.91. The first kappa shape index (κ1) is 13.9. The minimum absolute atomic E-state index is 0.491. The number of nitrogens with zero attached hydrogens (tertiary/aromatic N) is 1. The number of hydroxylamine groups is 1. The molecule has 0 fully saturated rings. The monoisotopic (exact) mass is 272 g/mol. The van der Waals surface area contributed by atoms with Crippen molar-refractivity contribution in [1.82, 2.24) is 5.48 Å². The van der Waals surface area contributed by atoms with Crippen LogP contribution in [-0.2, 0) is 6.61 Å². The van der Waals surface area contributed by atoms with Gasteiger partial charge in [0.2, 0.25) is 0 Å². The third-order valence-electron chi connectivity index (χ3n) is 2.67. The Hall–Kier alpha value is -2.53. The predicted molar refractivity (Wildman–Crippen MR) is 76.8 cm³/mol. The van der Waals surface area contributed by atoms with E-state index in [4.69, 9.17) is 14.7 Å². The maximum atomic E-state index is 8.40. The molecule has 0 aliphatic heterocycles. The maximum absolute atomic E-state index is 8.40. The molecule has 0 saturated heterocycles. The van der Waals surface area contributed by atoms with Crippen LogP contribution >= 0.6 is 0 Å². The van der Waals surface area contributed by atoms with E-state index < -0.39 is 0 Å². The van der Waals surface area contributed by atoms with E-state index in [2.05, 4.69) is 4.99 Å². The Morgan fingerprint density at radius 2 is 1.70 bits per heavy atom. The molecule has 0 aromatic heterocycles. The molecule has 20 heavy (non-hydrogen) atoms. The Kier molecular flexibility index (Phi) is 4.97. The first-order valence-corrected chi connectivity index (χ1v) is 6.10. The van der Waals surface area contributed by atoms with Crippen molar-refractivity contribution in [2.24, 2.45) is 4.99 Å². The van der Waals surface area contributed by atoms with Gasteiger partial charge in [0.05, 0.1) is 12.8 Å². The topological polar surface area (TPSA) is 63.1 Å². The standard InChI is InChI=1S/C15H16N2O3/c1-19-14-6-2-12(3-7-14)10-20-15-8-4-13(5-9-15)16-11-17-18/h2-9,11,18H,10H2,1H3,(H,16,17). The summed E-state index contributed by atoms with van der Waals surface area (Å²) in [6.45, 7) is 0.491. The second-order valence-electron chi connectivity index (χ2n) is 4.02. The number of aliphatic imine (C=N–C) groups is 1. The van der Waals surface area contributed by atoms with Crippen molar-refractivity contribution in [2.75, 3.05) is 7.11 Å². The van der Waals surface area contributed by atoms with Gasteiger partial charge >= 0.3 is 0 Å². The third-order valence-corrected chi connectivity index (χ3v) is 2.67. The molecule has 0 aliphatic rings.